The van der Waals surface area contributed by atoms with Crippen LogP contribution in [0.3, 0.4) is 0 Å². The van der Waals surface area contributed by atoms with Crippen molar-refractivity contribution in [1.82, 2.24) is 9.97 Å². The van der Waals surface area contributed by atoms with Crippen LogP contribution < -0.4 is 15.2 Å². The lowest BCUT2D eigenvalue weighted by molar-refractivity contribution is -0.141. The van der Waals surface area contributed by atoms with E-state index in [9.17, 15) is 22.5 Å². The van der Waals surface area contributed by atoms with Crippen LogP contribution in [0, 0.1) is 0 Å². The van der Waals surface area contributed by atoms with Gasteiger partial charge in [0.2, 0.25) is 11.8 Å². The number of hydrogen-bond donors (Lipinski definition) is 3. The Morgan fingerprint density at radius 1 is 1.29 bits per heavy atom. The summed E-state index contributed by atoms with van der Waals surface area (Å²) in [5, 5.41) is 18.1. The fourth-order valence-corrected chi connectivity index (χ4v) is 2.52. The quantitative estimate of drug-likeness (QED) is 0.622. The first-order valence-electron chi connectivity index (χ1n) is 8.03. The number of ether oxygens (including phenoxy) is 1. The molecule has 154 valence electrons. The molecule has 1 aromatic heterocycles. The standard InChI is InChI=1S/C17H21F3N4O3S/c1-10(16(2,3)25)27-14-13(17(18,19)20)9-22-15(24-14)23-11-5-7-12(8-6-11)28(4,21)26/h5-10,25H,4H2,1-3H3,(H2,21,26)(H,22,23,24). The molecule has 0 aliphatic carbocycles. The number of anilines is 2. The average Bonchev–Trinajstić information content (AvgIpc) is 2.52. The second kappa shape index (κ2) is 7.57. The molecule has 0 aliphatic heterocycles. The molecule has 28 heavy (non-hydrogen) atoms. The van der Waals surface area contributed by atoms with Gasteiger partial charge in [0.05, 0.1) is 15.3 Å². The Kier molecular flexibility index (Phi) is 5.93. The number of nitrogens with zero attached hydrogens (tertiary/aromatic N) is 2. The molecule has 2 rings (SSSR count). The number of rotatable bonds is 6. The third-order valence-corrected chi connectivity index (χ3v) is 4.92. The lowest BCUT2D eigenvalue weighted by Gasteiger charge is -2.27. The summed E-state index contributed by atoms with van der Waals surface area (Å²) in [5.74, 6) is 2.50. The second-order valence-corrected chi connectivity index (χ2v) is 8.62. The van der Waals surface area contributed by atoms with E-state index < -0.39 is 39.0 Å². The summed E-state index contributed by atoms with van der Waals surface area (Å²) >= 11 is 0. The number of alkyl halides is 3. The first-order valence-corrected chi connectivity index (χ1v) is 9.82. The highest BCUT2D eigenvalue weighted by Gasteiger charge is 2.38. The molecule has 2 atom stereocenters. The monoisotopic (exact) mass is 418 g/mol. The van der Waals surface area contributed by atoms with Gasteiger partial charge in [0, 0.05) is 16.8 Å². The summed E-state index contributed by atoms with van der Waals surface area (Å²) < 4.78 is 56.6. The van der Waals surface area contributed by atoms with E-state index in [1.165, 1.54) is 45.0 Å². The summed E-state index contributed by atoms with van der Waals surface area (Å²) in [4.78, 5) is 7.77. The van der Waals surface area contributed by atoms with E-state index >= 15 is 0 Å². The molecule has 0 radical (unpaired) electrons. The largest absolute Gasteiger partial charge is 0.471 e. The average molecular weight is 418 g/mol. The third-order valence-electron chi connectivity index (χ3n) is 3.85. The highest BCUT2D eigenvalue weighted by atomic mass is 32.2. The summed E-state index contributed by atoms with van der Waals surface area (Å²) in [6.45, 7) is 4.24. The molecule has 4 N–H and O–H groups in total. The molecule has 0 bridgehead atoms. The van der Waals surface area contributed by atoms with Gasteiger partial charge in [0.25, 0.3) is 0 Å². The zero-order valence-electron chi connectivity index (χ0n) is 15.4. The normalized spacial score (nSPS) is 15.6. The Hall–Kier alpha value is -2.37. The minimum absolute atomic E-state index is 0.151. The summed E-state index contributed by atoms with van der Waals surface area (Å²) in [5.41, 5.74) is -2.13. The van der Waals surface area contributed by atoms with Crippen molar-refractivity contribution in [3.63, 3.8) is 0 Å². The maximum absolute atomic E-state index is 13.2. The molecule has 0 fully saturated rings. The Morgan fingerprint density at radius 3 is 2.32 bits per heavy atom. The van der Waals surface area contributed by atoms with Gasteiger partial charge in [-0.1, -0.05) is 0 Å². The van der Waals surface area contributed by atoms with Crippen LogP contribution in [0.2, 0.25) is 0 Å². The lowest BCUT2D eigenvalue weighted by Crippen LogP contribution is -2.38. The molecule has 1 heterocycles. The summed E-state index contributed by atoms with van der Waals surface area (Å²) in [6, 6.07) is 5.95. The number of aliphatic hydroxyl groups is 1. The van der Waals surface area contributed by atoms with E-state index in [4.69, 9.17) is 9.88 Å². The van der Waals surface area contributed by atoms with E-state index in [2.05, 4.69) is 21.2 Å². The van der Waals surface area contributed by atoms with Gasteiger partial charge in [-0.3, -0.25) is 5.14 Å². The van der Waals surface area contributed by atoms with Crippen LogP contribution in [0.5, 0.6) is 5.88 Å². The van der Waals surface area contributed by atoms with Crippen molar-refractivity contribution >= 4 is 27.2 Å². The number of hydrogen-bond acceptors (Lipinski definition) is 6. The maximum atomic E-state index is 13.2. The molecule has 7 nitrogen and oxygen atoms in total. The lowest BCUT2D eigenvalue weighted by atomic mass is 10.0. The van der Waals surface area contributed by atoms with Gasteiger partial charge < -0.3 is 15.2 Å². The van der Waals surface area contributed by atoms with Gasteiger partial charge in [0.1, 0.15) is 11.7 Å². The van der Waals surface area contributed by atoms with E-state index in [-0.39, 0.29) is 5.95 Å². The zero-order chi connectivity index (χ0) is 21.3. The molecule has 11 heteroatoms. The Labute approximate surface area is 160 Å². The number of nitrogens with one attached hydrogen (secondary N) is 1. The van der Waals surface area contributed by atoms with Crippen molar-refractivity contribution in [1.29, 1.82) is 0 Å². The predicted molar refractivity (Wildman–Crippen MR) is 101 cm³/mol. The first-order chi connectivity index (χ1) is 12.7. The van der Waals surface area contributed by atoms with Gasteiger partial charge >= 0.3 is 6.18 Å². The summed E-state index contributed by atoms with van der Waals surface area (Å²) in [7, 11) is -2.88. The molecular weight excluding hydrogens is 397 g/mol. The van der Waals surface area contributed by atoms with Crippen LogP contribution in [0.1, 0.15) is 26.3 Å². The van der Waals surface area contributed by atoms with Crippen LogP contribution >= 0.6 is 0 Å². The Bertz CT molecular complexity index is 940. The maximum Gasteiger partial charge on any atom is 0.423 e. The molecule has 0 spiro atoms. The van der Waals surface area contributed by atoms with E-state index in [0.717, 1.165) is 0 Å². The zero-order valence-corrected chi connectivity index (χ0v) is 16.3. The molecule has 0 saturated heterocycles. The fraction of sp³-hybridized carbons (Fsp3) is 0.353. The Balaban J connectivity index is 2.34. The van der Waals surface area contributed by atoms with Gasteiger partial charge in [-0.25, -0.2) is 9.19 Å². The van der Waals surface area contributed by atoms with Gasteiger partial charge in [-0.2, -0.15) is 18.2 Å². The van der Waals surface area contributed by atoms with Crippen molar-refractivity contribution in [3.8, 4) is 5.88 Å². The van der Waals surface area contributed by atoms with E-state index in [1.807, 2.05) is 0 Å². The number of aromatic nitrogens is 2. The first kappa shape index (κ1) is 21.9. The predicted octanol–water partition coefficient (Wildman–Crippen LogP) is 2.73. The SMILES string of the molecule is C=S(N)(=O)c1ccc(Nc2ncc(C(F)(F)F)c(OC(C)C(C)(C)O)n2)cc1. The summed E-state index contributed by atoms with van der Waals surface area (Å²) in [6.07, 6.45) is -5.10. The number of benzene rings is 1. The van der Waals surface area contributed by atoms with Gasteiger partial charge in [-0.15, -0.1) is 0 Å². The fourth-order valence-electron chi connectivity index (χ4n) is 1.92. The van der Waals surface area contributed by atoms with Crippen molar-refractivity contribution in [2.24, 2.45) is 5.14 Å². The van der Waals surface area contributed by atoms with Gasteiger partial charge in [0.15, 0.2) is 0 Å². The minimum Gasteiger partial charge on any atom is -0.471 e. The Morgan fingerprint density at radius 2 is 1.86 bits per heavy atom. The molecular formula is C17H21F3N4O3S. The molecule has 0 aliphatic rings. The van der Waals surface area contributed by atoms with E-state index in [1.54, 1.807) is 0 Å². The van der Waals surface area contributed by atoms with Crippen molar-refractivity contribution < 1.29 is 27.2 Å². The minimum atomic E-state index is -4.73. The van der Waals surface area contributed by atoms with Crippen LogP contribution in [0.25, 0.3) is 0 Å². The molecule has 2 aromatic rings. The molecule has 0 amide bonds. The topological polar surface area (TPSA) is 110 Å². The van der Waals surface area contributed by atoms with Gasteiger partial charge in [-0.05, 0) is 50.9 Å². The highest BCUT2D eigenvalue weighted by Crippen LogP contribution is 2.36. The van der Waals surface area contributed by atoms with Crippen molar-refractivity contribution in [2.45, 2.75) is 43.5 Å². The van der Waals surface area contributed by atoms with E-state index in [0.29, 0.717) is 16.8 Å². The number of halogens is 3. The van der Waals surface area contributed by atoms with Crippen LogP contribution in [-0.4, -0.2) is 36.9 Å². The van der Waals surface area contributed by atoms with Crippen LogP contribution in [-0.2, 0) is 15.9 Å². The van der Waals surface area contributed by atoms with Crippen LogP contribution in [0.15, 0.2) is 35.4 Å². The van der Waals surface area contributed by atoms with Crippen molar-refractivity contribution in [2.75, 3.05) is 5.32 Å². The highest BCUT2D eigenvalue weighted by molar-refractivity contribution is 7.98. The third kappa shape index (κ3) is 5.57. The number of nitrogens with two attached hydrogens (primary N) is 1. The second-order valence-electron chi connectivity index (χ2n) is 6.70. The molecule has 1 aromatic carbocycles. The van der Waals surface area contributed by atoms with Crippen LogP contribution in [0.4, 0.5) is 24.8 Å². The molecule has 0 saturated carbocycles. The smallest absolute Gasteiger partial charge is 0.423 e. The van der Waals surface area contributed by atoms with Crippen molar-refractivity contribution in [3.05, 3.63) is 36.0 Å². The molecule has 2 unspecified atom stereocenters.